The van der Waals surface area contributed by atoms with E-state index in [0.29, 0.717) is 30.2 Å². The maximum atomic E-state index is 12.7. The van der Waals surface area contributed by atoms with Gasteiger partial charge in [-0.25, -0.2) is 13.4 Å². The minimum atomic E-state index is -3.55. The van der Waals surface area contributed by atoms with Crippen LogP contribution in [0.25, 0.3) is 0 Å². The molecule has 3 N–H and O–H groups in total. The normalized spacial score (nSPS) is 11.1. The summed E-state index contributed by atoms with van der Waals surface area (Å²) >= 11 is 0. The lowest BCUT2D eigenvalue weighted by molar-refractivity contribution is 0.102. The number of halogens is 1. The summed E-state index contributed by atoms with van der Waals surface area (Å²) < 4.78 is 26.9. The van der Waals surface area contributed by atoms with Crippen molar-refractivity contribution in [2.75, 3.05) is 24.1 Å². The van der Waals surface area contributed by atoms with Gasteiger partial charge in [0.05, 0.1) is 16.8 Å². The van der Waals surface area contributed by atoms with Crippen molar-refractivity contribution in [1.29, 1.82) is 0 Å². The van der Waals surface area contributed by atoms with Gasteiger partial charge in [-0.3, -0.25) is 4.79 Å². The number of nitrogens with one attached hydrogen (secondary N) is 1. The number of hydrogen-bond donors (Lipinski definition) is 2. The van der Waals surface area contributed by atoms with Crippen LogP contribution >= 0.6 is 12.4 Å². The Morgan fingerprint density at radius 3 is 2.15 bits per heavy atom. The highest BCUT2D eigenvalue weighted by Gasteiger charge is 2.23. The quantitative estimate of drug-likeness (QED) is 0.692. The summed E-state index contributed by atoms with van der Waals surface area (Å²) in [6.07, 6.45) is 2.95. The van der Waals surface area contributed by atoms with E-state index >= 15 is 0 Å². The zero-order valence-corrected chi connectivity index (χ0v) is 17.0. The number of sulfonamides is 1. The average Bonchev–Trinajstić information content (AvgIpc) is 2.63. The number of nitrogens with zero attached hydrogens (tertiary/aromatic N) is 2. The summed E-state index contributed by atoms with van der Waals surface area (Å²) in [7, 11) is -3.55. The fourth-order valence-corrected chi connectivity index (χ4v) is 4.08. The van der Waals surface area contributed by atoms with Crippen LogP contribution in [0.5, 0.6) is 0 Å². The summed E-state index contributed by atoms with van der Waals surface area (Å²) in [4.78, 5) is 16.4. The number of nitrogen functional groups attached to an aromatic ring is 1. The molecular formula is C18H25ClN4O3S. The van der Waals surface area contributed by atoms with E-state index in [2.05, 4.69) is 10.3 Å². The van der Waals surface area contributed by atoms with Gasteiger partial charge in [0, 0.05) is 18.7 Å². The molecule has 0 aliphatic heterocycles. The Bertz CT molecular complexity index is 834. The molecule has 27 heavy (non-hydrogen) atoms. The molecule has 2 aromatic rings. The molecule has 1 heterocycles. The van der Waals surface area contributed by atoms with Crippen molar-refractivity contribution in [3.63, 3.8) is 0 Å². The summed E-state index contributed by atoms with van der Waals surface area (Å²) in [5.74, 6) is 0.0146. The third-order valence-electron chi connectivity index (χ3n) is 3.74. The number of carbonyl (C=O) groups excluding carboxylic acids is 1. The highest BCUT2D eigenvalue weighted by Crippen LogP contribution is 2.18. The van der Waals surface area contributed by atoms with Crippen LogP contribution in [-0.2, 0) is 10.0 Å². The highest BCUT2D eigenvalue weighted by molar-refractivity contribution is 7.89. The number of aromatic nitrogens is 1. The Morgan fingerprint density at radius 2 is 1.67 bits per heavy atom. The third kappa shape index (κ3) is 5.92. The third-order valence-corrected chi connectivity index (χ3v) is 5.66. The number of nitrogens with two attached hydrogens (primary N) is 1. The van der Waals surface area contributed by atoms with E-state index < -0.39 is 10.0 Å². The van der Waals surface area contributed by atoms with Crippen LogP contribution in [0, 0.1) is 0 Å². The number of pyridine rings is 1. The fraction of sp³-hybridized carbons (Fsp3) is 0.333. The van der Waals surface area contributed by atoms with Crippen LogP contribution < -0.4 is 11.1 Å². The van der Waals surface area contributed by atoms with Gasteiger partial charge >= 0.3 is 0 Å². The van der Waals surface area contributed by atoms with Gasteiger partial charge in [0.15, 0.2) is 0 Å². The minimum Gasteiger partial charge on any atom is -0.384 e. The van der Waals surface area contributed by atoms with E-state index in [4.69, 9.17) is 5.73 Å². The smallest absolute Gasteiger partial charge is 0.255 e. The summed E-state index contributed by atoms with van der Waals surface area (Å²) in [6.45, 7) is 4.83. The van der Waals surface area contributed by atoms with Gasteiger partial charge in [-0.05, 0) is 49.2 Å². The Hall–Kier alpha value is -2.16. The lowest BCUT2D eigenvalue weighted by atomic mass is 10.2. The van der Waals surface area contributed by atoms with Crippen LogP contribution in [0.2, 0.25) is 0 Å². The zero-order chi connectivity index (χ0) is 19.2. The first kappa shape index (κ1) is 22.9. The van der Waals surface area contributed by atoms with Gasteiger partial charge in [-0.2, -0.15) is 4.31 Å². The summed E-state index contributed by atoms with van der Waals surface area (Å²) in [5.41, 5.74) is 6.38. The molecule has 0 spiro atoms. The molecule has 1 aromatic heterocycles. The van der Waals surface area contributed by atoms with Gasteiger partial charge in [0.25, 0.3) is 5.91 Å². The van der Waals surface area contributed by atoms with Crippen molar-refractivity contribution < 1.29 is 13.2 Å². The predicted octanol–water partition coefficient (Wildman–Crippen LogP) is 3.15. The summed E-state index contributed by atoms with van der Waals surface area (Å²) in [5, 5.41) is 2.69. The SMILES string of the molecule is CCCN(CCC)S(=O)(=O)c1ccc(C(=O)Nc2ccc(N)nc2)cc1.Cl. The number of benzene rings is 1. The van der Waals surface area contributed by atoms with E-state index in [9.17, 15) is 13.2 Å². The van der Waals surface area contributed by atoms with Crippen molar-refractivity contribution >= 4 is 39.8 Å². The van der Waals surface area contributed by atoms with E-state index in [0.717, 1.165) is 12.8 Å². The largest absolute Gasteiger partial charge is 0.384 e. The molecule has 1 aromatic carbocycles. The lowest BCUT2D eigenvalue weighted by Gasteiger charge is -2.21. The standard InChI is InChI=1S/C18H24N4O3S.ClH/c1-3-11-22(12-4-2)26(24,25)16-8-5-14(6-9-16)18(23)21-15-7-10-17(19)20-13-15;/h5-10,13H,3-4,11-12H2,1-2H3,(H2,19,20)(H,21,23);1H. The topological polar surface area (TPSA) is 105 Å². The Kier molecular flexibility index (Phi) is 8.68. The Labute approximate surface area is 166 Å². The van der Waals surface area contributed by atoms with Gasteiger partial charge in [0.2, 0.25) is 10.0 Å². The molecule has 0 saturated heterocycles. The average molecular weight is 413 g/mol. The Morgan fingerprint density at radius 1 is 1.07 bits per heavy atom. The van der Waals surface area contributed by atoms with Crippen molar-refractivity contribution in [1.82, 2.24) is 9.29 Å². The zero-order valence-electron chi connectivity index (χ0n) is 15.4. The second-order valence-corrected chi connectivity index (χ2v) is 7.79. The molecule has 0 fully saturated rings. The first-order chi connectivity index (χ1) is 12.4. The van der Waals surface area contributed by atoms with Crippen molar-refractivity contribution in [3.8, 4) is 0 Å². The second kappa shape index (κ2) is 10.2. The highest BCUT2D eigenvalue weighted by atomic mass is 35.5. The van der Waals surface area contributed by atoms with E-state index in [-0.39, 0.29) is 23.2 Å². The van der Waals surface area contributed by atoms with Crippen molar-refractivity contribution in [3.05, 3.63) is 48.2 Å². The van der Waals surface area contributed by atoms with Gasteiger partial charge in [-0.1, -0.05) is 13.8 Å². The molecule has 0 unspecified atom stereocenters. The molecule has 2 rings (SSSR count). The second-order valence-electron chi connectivity index (χ2n) is 5.85. The molecule has 0 bridgehead atoms. The van der Waals surface area contributed by atoms with Crippen molar-refractivity contribution in [2.45, 2.75) is 31.6 Å². The van der Waals surface area contributed by atoms with Gasteiger partial charge in [-0.15, -0.1) is 12.4 Å². The maximum absolute atomic E-state index is 12.7. The first-order valence-electron chi connectivity index (χ1n) is 8.51. The minimum absolute atomic E-state index is 0. The number of anilines is 2. The number of rotatable bonds is 8. The predicted molar refractivity (Wildman–Crippen MR) is 110 cm³/mol. The molecular weight excluding hydrogens is 388 g/mol. The van der Waals surface area contributed by atoms with Crippen LogP contribution in [-0.4, -0.2) is 36.7 Å². The number of carbonyl (C=O) groups is 1. The molecule has 0 atom stereocenters. The van der Waals surface area contributed by atoms with E-state index in [1.54, 1.807) is 12.1 Å². The van der Waals surface area contributed by atoms with E-state index in [1.807, 2.05) is 13.8 Å². The maximum Gasteiger partial charge on any atom is 0.255 e. The number of hydrogen-bond acceptors (Lipinski definition) is 5. The molecule has 9 heteroatoms. The monoisotopic (exact) mass is 412 g/mol. The molecule has 0 aliphatic rings. The first-order valence-corrected chi connectivity index (χ1v) is 9.95. The molecule has 0 saturated carbocycles. The lowest BCUT2D eigenvalue weighted by Crippen LogP contribution is -2.32. The number of amides is 1. The molecule has 148 valence electrons. The van der Waals surface area contributed by atoms with Gasteiger partial charge in [0.1, 0.15) is 5.82 Å². The fourth-order valence-electron chi connectivity index (χ4n) is 2.46. The van der Waals surface area contributed by atoms with Crippen LogP contribution in [0.4, 0.5) is 11.5 Å². The van der Waals surface area contributed by atoms with Crippen LogP contribution in [0.1, 0.15) is 37.0 Å². The molecule has 1 amide bonds. The van der Waals surface area contributed by atoms with Crippen LogP contribution in [0.15, 0.2) is 47.5 Å². The molecule has 7 nitrogen and oxygen atoms in total. The van der Waals surface area contributed by atoms with Crippen molar-refractivity contribution in [2.24, 2.45) is 0 Å². The molecule has 0 aliphatic carbocycles. The molecule has 0 radical (unpaired) electrons. The Balaban J connectivity index is 0.00000364. The van der Waals surface area contributed by atoms with Crippen LogP contribution in [0.3, 0.4) is 0 Å². The van der Waals surface area contributed by atoms with Gasteiger partial charge < -0.3 is 11.1 Å². The van der Waals surface area contributed by atoms with E-state index in [1.165, 1.54) is 34.8 Å². The summed E-state index contributed by atoms with van der Waals surface area (Å²) in [6, 6.07) is 9.16.